The van der Waals surface area contributed by atoms with Crippen LogP contribution in [0.15, 0.2) is 12.1 Å². The standard InChI is InChI=1S/C16H25NO2/c1-10-6-13(7-11(2)16(10)18-5)15(17-4)14-8-12(3)19-9-14/h6-7,12,14-15,17H,8-9H2,1-5H3. The summed E-state index contributed by atoms with van der Waals surface area (Å²) in [7, 11) is 3.76. The Bertz CT molecular complexity index is 421. The van der Waals surface area contributed by atoms with Crippen molar-refractivity contribution in [2.45, 2.75) is 39.3 Å². The summed E-state index contributed by atoms with van der Waals surface area (Å²) < 4.78 is 11.2. The number of hydrogen-bond donors (Lipinski definition) is 1. The molecular formula is C16H25NO2. The summed E-state index contributed by atoms with van der Waals surface area (Å²) in [5.74, 6) is 1.54. The normalized spacial score (nSPS) is 24.5. The third-order valence-electron chi connectivity index (χ3n) is 4.06. The highest BCUT2D eigenvalue weighted by molar-refractivity contribution is 5.44. The van der Waals surface area contributed by atoms with Crippen LogP contribution in [0.25, 0.3) is 0 Å². The van der Waals surface area contributed by atoms with E-state index in [9.17, 15) is 0 Å². The van der Waals surface area contributed by atoms with Gasteiger partial charge in [-0.05, 0) is 50.9 Å². The van der Waals surface area contributed by atoms with Crippen LogP contribution in [0.4, 0.5) is 0 Å². The van der Waals surface area contributed by atoms with Crippen molar-refractivity contribution in [1.82, 2.24) is 5.32 Å². The van der Waals surface area contributed by atoms with Gasteiger partial charge >= 0.3 is 0 Å². The van der Waals surface area contributed by atoms with Crippen LogP contribution in [0.2, 0.25) is 0 Å². The molecule has 3 nitrogen and oxygen atoms in total. The molecule has 0 radical (unpaired) electrons. The van der Waals surface area contributed by atoms with Crippen LogP contribution in [0.3, 0.4) is 0 Å². The Kier molecular flexibility index (Phi) is 4.48. The van der Waals surface area contributed by atoms with E-state index < -0.39 is 0 Å². The topological polar surface area (TPSA) is 30.5 Å². The third kappa shape index (κ3) is 2.93. The van der Waals surface area contributed by atoms with Crippen molar-refractivity contribution in [3.63, 3.8) is 0 Å². The van der Waals surface area contributed by atoms with E-state index in [-0.39, 0.29) is 0 Å². The number of methoxy groups -OCH3 is 1. The van der Waals surface area contributed by atoms with Gasteiger partial charge in [0.2, 0.25) is 0 Å². The molecule has 1 aliphatic rings. The molecule has 0 aliphatic carbocycles. The van der Waals surface area contributed by atoms with Crippen molar-refractivity contribution in [1.29, 1.82) is 0 Å². The van der Waals surface area contributed by atoms with Crippen LogP contribution in [0.5, 0.6) is 5.75 Å². The molecule has 1 N–H and O–H groups in total. The number of aryl methyl sites for hydroxylation is 2. The summed E-state index contributed by atoms with van der Waals surface area (Å²) in [6.45, 7) is 7.21. The Morgan fingerprint density at radius 3 is 2.37 bits per heavy atom. The zero-order chi connectivity index (χ0) is 14.0. The molecule has 1 aromatic rings. The highest BCUT2D eigenvalue weighted by Crippen LogP contribution is 2.34. The molecule has 3 unspecified atom stereocenters. The third-order valence-corrected chi connectivity index (χ3v) is 4.06. The molecule has 0 aromatic heterocycles. The van der Waals surface area contributed by atoms with Crippen LogP contribution >= 0.6 is 0 Å². The molecule has 3 atom stereocenters. The van der Waals surface area contributed by atoms with Gasteiger partial charge in [-0.15, -0.1) is 0 Å². The summed E-state index contributed by atoms with van der Waals surface area (Å²) in [4.78, 5) is 0. The van der Waals surface area contributed by atoms with Crippen molar-refractivity contribution >= 4 is 0 Å². The van der Waals surface area contributed by atoms with Crippen molar-refractivity contribution < 1.29 is 9.47 Å². The molecule has 1 fully saturated rings. The van der Waals surface area contributed by atoms with Crippen molar-refractivity contribution in [3.05, 3.63) is 28.8 Å². The fraction of sp³-hybridized carbons (Fsp3) is 0.625. The molecule has 0 bridgehead atoms. The van der Waals surface area contributed by atoms with E-state index >= 15 is 0 Å². The molecule has 106 valence electrons. The van der Waals surface area contributed by atoms with Crippen LogP contribution in [-0.2, 0) is 4.74 Å². The Morgan fingerprint density at radius 2 is 1.95 bits per heavy atom. The molecular weight excluding hydrogens is 238 g/mol. The summed E-state index contributed by atoms with van der Waals surface area (Å²) in [6, 6.07) is 4.82. The first-order chi connectivity index (χ1) is 9.06. The highest BCUT2D eigenvalue weighted by Gasteiger charge is 2.30. The van der Waals surface area contributed by atoms with Gasteiger partial charge in [-0.1, -0.05) is 12.1 Å². The molecule has 1 aliphatic heterocycles. The smallest absolute Gasteiger partial charge is 0.124 e. The Labute approximate surface area is 116 Å². The lowest BCUT2D eigenvalue weighted by atomic mass is 9.89. The van der Waals surface area contributed by atoms with Gasteiger partial charge in [0.25, 0.3) is 0 Å². The maximum atomic E-state index is 5.71. The zero-order valence-electron chi connectivity index (χ0n) is 12.6. The van der Waals surface area contributed by atoms with Crippen LogP contribution in [0, 0.1) is 19.8 Å². The van der Waals surface area contributed by atoms with Crippen molar-refractivity contribution in [3.8, 4) is 5.75 Å². The van der Waals surface area contributed by atoms with Gasteiger partial charge in [-0.25, -0.2) is 0 Å². The largest absolute Gasteiger partial charge is 0.496 e. The van der Waals surface area contributed by atoms with E-state index in [1.807, 2.05) is 7.05 Å². The van der Waals surface area contributed by atoms with Crippen molar-refractivity contribution in [2.75, 3.05) is 20.8 Å². The second-order valence-corrected chi connectivity index (χ2v) is 5.59. The zero-order valence-corrected chi connectivity index (χ0v) is 12.6. The van der Waals surface area contributed by atoms with Crippen LogP contribution in [-0.4, -0.2) is 26.9 Å². The van der Waals surface area contributed by atoms with Crippen molar-refractivity contribution in [2.24, 2.45) is 5.92 Å². The minimum absolute atomic E-state index is 0.355. The van der Waals surface area contributed by atoms with E-state index in [1.165, 1.54) is 16.7 Å². The summed E-state index contributed by atoms with van der Waals surface area (Å²) in [5.41, 5.74) is 3.73. The molecule has 2 rings (SSSR count). The predicted molar refractivity (Wildman–Crippen MR) is 77.8 cm³/mol. The molecule has 1 heterocycles. The minimum Gasteiger partial charge on any atom is -0.496 e. The number of rotatable bonds is 4. The lowest BCUT2D eigenvalue weighted by molar-refractivity contribution is 0.117. The molecule has 1 aromatic carbocycles. The average Bonchev–Trinajstić information content (AvgIpc) is 2.76. The highest BCUT2D eigenvalue weighted by atomic mass is 16.5. The number of hydrogen-bond acceptors (Lipinski definition) is 3. The number of nitrogens with one attached hydrogen (secondary N) is 1. The van der Waals surface area contributed by atoms with Gasteiger partial charge < -0.3 is 14.8 Å². The Morgan fingerprint density at radius 1 is 1.32 bits per heavy atom. The quantitative estimate of drug-likeness (QED) is 0.906. The first-order valence-electron chi connectivity index (χ1n) is 7.00. The molecule has 1 saturated heterocycles. The molecule has 0 amide bonds. The second kappa shape index (κ2) is 5.93. The van der Waals surface area contributed by atoms with E-state index in [1.54, 1.807) is 7.11 Å². The van der Waals surface area contributed by atoms with E-state index in [0.29, 0.717) is 18.1 Å². The Hall–Kier alpha value is -1.06. The minimum atomic E-state index is 0.355. The second-order valence-electron chi connectivity index (χ2n) is 5.59. The predicted octanol–water partition coefficient (Wildman–Crippen LogP) is 3.00. The van der Waals surface area contributed by atoms with Crippen LogP contribution < -0.4 is 10.1 Å². The lowest BCUT2D eigenvalue weighted by Gasteiger charge is -2.24. The van der Waals surface area contributed by atoms with E-state index in [0.717, 1.165) is 18.8 Å². The first-order valence-corrected chi connectivity index (χ1v) is 7.00. The van der Waals surface area contributed by atoms with Gasteiger partial charge in [0.05, 0.1) is 19.8 Å². The number of benzene rings is 1. The lowest BCUT2D eigenvalue weighted by Crippen LogP contribution is -2.26. The molecule has 0 saturated carbocycles. The van der Waals surface area contributed by atoms with Gasteiger partial charge in [0.15, 0.2) is 0 Å². The molecule has 19 heavy (non-hydrogen) atoms. The maximum Gasteiger partial charge on any atom is 0.124 e. The molecule has 0 spiro atoms. The fourth-order valence-corrected chi connectivity index (χ4v) is 3.24. The van der Waals surface area contributed by atoms with Gasteiger partial charge in [-0.3, -0.25) is 0 Å². The van der Waals surface area contributed by atoms with E-state index in [2.05, 4.69) is 38.2 Å². The average molecular weight is 263 g/mol. The summed E-state index contributed by atoms with van der Waals surface area (Å²) in [6.07, 6.45) is 1.50. The number of ether oxygens (including phenoxy) is 2. The maximum absolute atomic E-state index is 5.71. The van der Waals surface area contributed by atoms with Gasteiger partial charge in [-0.2, -0.15) is 0 Å². The summed E-state index contributed by atoms with van der Waals surface area (Å²) >= 11 is 0. The Balaban J connectivity index is 2.28. The van der Waals surface area contributed by atoms with E-state index in [4.69, 9.17) is 9.47 Å². The first kappa shape index (κ1) is 14.4. The molecule has 3 heteroatoms. The van der Waals surface area contributed by atoms with Gasteiger partial charge in [0, 0.05) is 12.0 Å². The fourth-order valence-electron chi connectivity index (χ4n) is 3.24. The van der Waals surface area contributed by atoms with Crippen LogP contribution in [0.1, 0.15) is 36.1 Å². The SMILES string of the molecule is CNC(c1cc(C)c(OC)c(C)c1)C1COC(C)C1. The van der Waals surface area contributed by atoms with Gasteiger partial charge in [0.1, 0.15) is 5.75 Å². The monoisotopic (exact) mass is 263 g/mol. The summed E-state index contributed by atoms with van der Waals surface area (Å²) in [5, 5.41) is 3.45.